The quantitative estimate of drug-likeness (QED) is 0.456. The van der Waals surface area contributed by atoms with Gasteiger partial charge in [0.1, 0.15) is 0 Å². The molecule has 0 spiro atoms. The molecule has 1 atom stereocenters. The molecule has 1 aromatic carbocycles. The molecule has 2 nitrogen and oxygen atoms in total. The van der Waals surface area contributed by atoms with Crippen LogP contribution < -0.4 is 5.30 Å². The molecule has 0 amide bonds. The summed E-state index contributed by atoms with van der Waals surface area (Å²) in [5.41, 5.74) is 0.824. The number of rotatable bonds is 2. The van der Waals surface area contributed by atoms with E-state index < -0.39 is 6.57 Å². The summed E-state index contributed by atoms with van der Waals surface area (Å²) in [7, 11) is 0.700. The van der Waals surface area contributed by atoms with Crippen LogP contribution in [0.1, 0.15) is 5.56 Å². The van der Waals surface area contributed by atoms with Crippen molar-refractivity contribution in [3.8, 4) is 0 Å². The third-order valence-corrected chi connectivity index (χ3v) is 6.11. The number of thiol groups is 1. The van der Waals surface area contributed by atoms with Crippen LogP contribution in [-0.2, 0) is 4.57 Å². The lowest BCUT2D eigenvalue weighted by atomic mass is 10.2. The number of hydrogen-bond donors (Lipinski definition) is 2. The van der Waals surface area contributed by atoms with Crippen molar-refractivity contribution >= 4 is 33.9 Å². The molecule has 0 fully saturated rings. The van der Waals surface area contributed by atoms with Crippen LogP contribution in [0, 0.1) is 6.92 Å². The average molecular weight is 220 g/mol. The van der Waals surface area contributed by atoms with Gasteiger partial charge >= 0.3 is 0 Å². The second-order valence-electron chi connectivity index (χ2n) is 2.39. The van der Waals surface area contributed by atoms with Crippen molar-refractivity contribution in [1.29, 1.82) is 0 Å². The van der Waals surface area contributed by atoms with Gasteiger partial charge in [-0.3, -0.25) is 4.57 Å². The van der Waals surface area contributed by atoms with Crippen LogP contribution in [0.15, 0.2) is 24.3 Å². The maximum atomic E-state index is 11.4. The lowest BCUT2D eigenvalue weighted by molar-refractivity contribution is 0.508. The van der Waals surface area contributed by atoms with E-state index in [0.717, 1.165) is 5.56 Å². The minimum Gasteiger partial charge on any atom is -0.333 e. The van der Waals surface area contributed by atoms with E-state index in [2.05, 4.69) is 11.7 Å². The molecule has 5 heteroatoms. The summed E-state index contributed by atoms with van der Waals surface area (Å²) in [4.78, 5) is 9.42. The Morgan fingerprint density at radius 2 is 2.08 bits per heavy atom. The first-order valence-electron chi connectivity index (χ1n) is 3.30. The number of aryl methyl sites for hydroxylation is 1. The zero-order chi connectivity index (χ0) is 9.19. The average Bonchev–Trinajstić information content (AvgIpc) is 2.05. The zero-order valence-electron chi connectivity index (χ0n) is 6.47. The minimum atomic E-state index is -3.28. The monoisotopic (exact) mass is 220 g/mol. The van der Waals surface area contributed by atoms with E-state index in [1.807, 2.05) is 19.1 Å². The summed E-state index contributed by atoms with van der Waals surface area (Å²) < 4.78 is 11.4. The topological polar surface area (TPSA) is 37.3 Å². The lowest BCUT2D eigenvalue weighted by Crippen LogP contribution is -2.04. The van der Waals surface area contributed by atoms with E-state index in [1.165, 1.54) is 0 Å². The van der Waals surface area contributed by atoms with Gasteiger partial charge in [0.25, 0.3) is 6.57 Å². The van der Waals surface area contributed by atoms with E-state index in [0.29, 0.717) is 15.7 Å². The largest absolute Gasteiger partial charge is 0.333 e. The van der Waals surface area contributed by atoms with E-state index in [4.69, 9.17) is 0 Å². The highest BCUT2D eigenvalue weighted by atomic mass is 33.3. The van der Waals surface area contributed by atoms with E-state index in [9.17, 15) is 9.46 Å². The predicted octanol–water partition coefficient (Wildman–Crippen LogP) is 2.38. The zero-order valence-corrected chi connectivity index (χ0v) is 9.07. The molecule has 66 valence electrons. The maximum Gasteiger partial charge on any atom is 0.294 e. The second-order valence-corrected chi connectivity index (χ2v) is 7.52. The van der Waals surface area contributed by atoms with Gasteiger partial charge in [0.05, 0.1) is 5.30 Å². The van der Waals surface area contributed by atoms with Gasteiger partial charge in [0.2, 0.25) is 0 Å². The van der Waals surface area contributed by atoms with Crippen LogP contribution in [0.5, 0.6) is 0 Å². The smallest absolute Gasteiger partial charge is 0.294 e. The summed E-state index contributed by atoms with van der Waals surface area (Å²) in [6.07, 6.45) is 0. The van der Waals surface area contributed by atoms with Crippen LogP contribution in [0.25, 0.3) is 0 Å². The molecule has 12 heavy (non-hydrogen) atoms. The van der Waals surface area contributed by atoms with Gasteiger partial charge in [-0.25, -0.2) is 0 Å². The molecule has 1 aromatic rings. The molecular weight excluding hydrogens is 211 g/mol. The second kappa shape index (κ2) is 3.88. The SMILES string of the molecule is Cc1ccccc1P(=O)(O)SS. The summed E-state index contributed by atoms with van der Waals surface area (Å²) in [6, 6.07) is 7.04. The first-order valence-corrected chi connectivity index (χ1v) is 7.43. The Hall–Kier alpha value is 0.110. The molecule has 0 aliphatic heterocycles. The molecule has 1 rings (SSSR count). The van der Waals surface area contributed by atoms with Crippen molar-refractivity contribution in [3.63, 3.8) is 0 Å². The van der Waals surface area contributed by atoms with Crippen molar-refractivity contribution in [2.24, 2.45) is 0 Å². The fraction of sp³-hybridized carbons (Fsp3) is 0.143. The first kappa shape index (κ1) is 10.2. The van der Waals surface area contributed by atoms with Crippen LogP contribution in [-0.4, -0.2) is 4.89 Å². The van der Waals surface area contributed by atoms with Gasteiger partial charge in [-0.05, 0) is 18.6 Å². The highest BCUT2D eigenvalue weighted by Crippen LogP contribution is 2.55. The Bertz CT molecular complexity index is 327. The molecule has 1 N–H and O–H groups in total. The normalized spacial score (nSPS) is 15.6. The Kier molecular flexibility index (Phi) is 3.29. The summed E-state index contributed by atoms with van der Waals surface area (Å²) in [5.74, 6) is 0. The number of hydrogen-bond acceptors (Lipinski definition) is 3. The molecule has 0 heterocycles. The maximum absolute atomic E-state index is 11.4. The fourth-order valence-electron chi connectivity index (χ4n) is 0.924. The molecule has 0 saturated carbocycles. The van der Waals surface area contributed by atoms with Crippen LogP contribution in [0.4, 0.5) is 0 Å². The molecule has 0 aliphatic rings. The van der Waals surface area contributed by atoms with Crippen molar-refractivity contribution in [1.82, 2.24) is 0 Å². The molecular formula is C7H9O2PS2. The number of benzene rings is 1. The minimum absolute atomic E-state index is 0.477. The molecule has 0 aliphatic carbocycles. The van der Waals surface area contributed by atoms with Crippen LogP contribution in [0.2, 0.25) is 0 Å². The van der Waals surface area contributed by atoms with E-state index >= 15 is 0 Å². The Morgan fingerprint density at radius 1 is 1.50 bits per heavy atom. The molecule has 1 unspecified atom stereocenters. The molecule has 0 bridgehead atoms. The molecule has 0 radical (unpaired) electrons. The van der Waals surface area contributed by atoms with Gasteiger partial charge < -0.3 is 4.89 Å². The predicted molar refractivity (Wildman–Crippen MR) is 57.2 cm³/mol. The Labute approximate surface area is 80.4 Å². The van der Waals surface area contributed by atoms with Gasteiger partial charge in [-0.15, -0.1) is 11.7 Å². The van der Waals surface area contributed by atoms with Gasteiger partial charge in [-0.2, -0.15) is 0 Å². The van der Waals surface area contributed by atoms with Crippen molar-refractivity contribution < 1.29 is 9.46 Å². The summed E-state index contributed by atoms with van der Waals surface area (Å²) in [6.45, 7) is -1.47. The van der Waals surface area contributed by atoms with Crippen LogP contribution in [0.3, 0.4) is 0 Å². The lowest BCUT2D eigenvalue weighted by Gasteiger charge is -2.09. The van der Waals surface area contributed by atoms with Crippen LogP contribution >= 0.6 is 28.6 Å². The Morgan fingerprint density at radius 3 is 2.58 bits per heavy atom. The van der Waals surface area contributed by atoms with Crippen molar-refractivity contribution in [2.45, 2.75) is 6.92 Å². The first-order chi connectivity index (χ1) is 5.58. The third-order valence-electron chi connectivity index (χ3n) is 1.53. The van der Waals surface area contributed by atoms with E-state index in [-0.39, 0.29) is 0 Å². The summed E-state index contributed by atoms with van der Waals surface area (Å²) in [5, 5.41) is 0.477. The highest BCUT2D eigenvalue weighted by Gasteiger charge is 2.21. The standard InChI is InChI=1S/C7H9O2PS2/c1-6-4-2-3-5-7(6)10(8,9)12-11/h2-5,11H,1H3,(H,8,9). The fourth-order valence-corrected chi connectivity index (χ4v) is 3.48. The van der Waals surface area contributed by atoms with Crippen molar-refractivity contribution in [3.05, 3.63) is 29.8 Å². The van der Waals surface area contributed by atoms with Gasteiger partial charge in [0, 0.05) is 10.4 Å². The van der Waals surface area contributed by atoms with Gasteiger partial charge in [0.15, 0.2) is 0 Å². The Balaban J connectivity index is 3.20. The third kappa shape index (κ3) is 2.07. The molecule has 0 saturated heterocycles. The molecule has 0 aromatic heterocycles. The van der Waals surface area contributed by atoms with Gasteiger partial charge in [-0.1, -0.05) is 18.2 Å². The van der Waals surface area contributed by atoms with Crippen molar-refractivity contribution in [2.75, 3.05) is 0 Å². The summed E-state index contributed by atoms with van der Waals surface area (Å²) >= 11 is 3.76. The highest BCUT2D eigenvalue weighted by molar-refractivity contribution is 8.95. The van der Waals surface area contributed by atoms with E-state index in [1.54, 1.807) is 12.1 Å².